The van der Waals surface area contributed by atoms with Gasteiger partial charge in [0.1, 0.15) is 28.5 Å². The average molecular weight is 413 g/mol. The van der Waals surface area contributed by atoms with Gasteiger partial charge in [0, 0.05) is 12.1 Å². The summed E-state index contributed by atoms with van der Waals surface area (Å²) in [7, 11) is 6.05. The molecule has 0 bridgehead atoms. The fourth-order valence-corrected chi connectivity index (χ4v) is 3.12. The van der Waals surface area contributed by atoms with E-state index in [0.29, 0.717) is 34.1 Å². The first-order valence-electron chi connectivity index (χ1n) is 9.03. The van der Waals surface area contributed by atoms with Crippen molar-refractivity contribution < 1.29 is 28.5 Å². The molecule has 3 amide bonds. The van der Waals surface area contributed by atoms with Crippen molar-refractivity contribution >= 4 is 18.2 Å². The average Bonchev–Trinajstić information content (AvgIpc) is 3.00. The second-order valence-electron chi connectivity index (χ2n) is 6.59. The van der Waals surface area contributed by atoms with Crippen molar-refractivity contribution in [3.8, 4) is 23.0 Å². The van der Waals surface area contributed by atoms with E-state index in [1.54, 1.807) is 50.4 Å². The second kappa shape index (κ2) is 8.32. The van der Waals surface area contributed by atoms with Gasteiger partial charge in [0.2, 0.25) is 0 Å². The van der Waals surface area contributed by atoms with E-state index in [1.807, 2.05) is 0 Å². The SMILES string of the molecule is COc1ccc(C2(C)NC(=O)N(/N=C/c3c(OC)cc(OC)cc3OC)C2=O)cc1. The molecule has 1 aliphatic rings. The number of nitrogens with one attached hydrogen (secondary N) is 1. The van der Waals surface area contributed by atoms with Crippen LogP contribution in [0.1, 0.15) is 18.1 Å². The highest BCUT2D eigenvalue weighted by Gasteiger charge is 2.49. The first-order chi connectivity index (χ1) is 14.4. The summed E-state index contributed by atoms with van der Waals surface area (Å²) < 4.78 is 21.1. The van der Waals surface area contributed by atoms with E-state index in [2.05, 4.69) is 10.4 Å². The van der Waals surface area contributed by atoms with Gasteiger partial charge in [-0.05, 0) is 24.6 Å². The van der Waals surface area contributed by atoms with Gasteiger partial charge in [-0.2, -0.15) is 5.10 Å². The maximum absolute atomic E-state index is 13.0. The quantitative estimate of drug-likeness (QED) is 0.553. The van der Waals surface area contributed by atoms with Crippen LogP contribution in [0.5, 0.6) is 23.0 Å². The molecule has 0 aliphatic carbocycles. The lowest BCUT2D eigenvalue weighted by Gasteiger charge is -2.21. The summed E-state index contributed by atoms with van der Waals surface area (Å²) in [4.78, 5) is 25.5. The standard InChI is InChI=1S/C21H23N3O6/c1-21(13-6-8-14(27-2)9-7-13)19(25)24(20(26)23-21)22-12-16-17(29-4)10-15(28-3)11-18(16)30-5/h6-12H,1-5H3,(H,23,26)/b22-12+. The maximum Gasteiger partial charge on any atom is 0.346 e. The lowest BCUT2D eigenvalue weighted by atomic mass is 9.92. The van der Waals surface area contributed by atoms with Crippen LogP contribution in [0.2, 0.25) is 0 Å². The Labute approximate surface area is 174 Å². The van der Waals surface area contributed by atoms with Crippen LogP contribution in [0.25, 0.3) is 0 Å². The molecule has 1 unspecified atom stereocenters. The normalized spacial score (nSPS) is 18.5. The fourth-order valence-electron chi connectivity index (χ4n) is 3.12. The molecule has 1 fully saturated rings. The minimum atomic E-state index is -1.26. The van der Waals surface area contributed by atoms with Crippen molar-refractivity contribution in [2.45, 2.75) is 12.5 Å². The molecule has 1 heterocycles. The van der Waals surface area contributed by atoms with Crippen molar-refractivity contribution in [3.05, 3.63) is 47.5 Å². The number of imide groups is 1. The zero-order valence-electron chi connectivity index (χ0n) is 17.4. The summed E-state index contributed by atoms with van der Waals surface area (Å²) in [6.07, 6.45) is 1.34. The summed E-state index contributed by atoms with van der Waals surface area (Å²) in [6.45, 7) is 1.62. The number of benzene rings is 2. The molecule has 158 valence electrons. The van der Waals surface area contributed by atoms with Gasteiger partial charge in [-0.1, -0.05) is 12.1 Å². The number of amides is 3. The van der Waals surface area contributed by atoms with Crippen molar-refractivity contribution in [1.82, 2.24) is 10.3 Å². The molecule has 30 heavy (non-hydrogen) atoms. The van der Waals surface area contributed by atoms with Gasteiger partial charge in [0.05, 0.1) is 40.2 Å². The summed E-state index contributed by atoms with van der Waals surface area (Å²) in [5.74, 6) is 1.50. The molecule has 0 radical (unpaired) electrons. The Bertz CT molecular complexity index is 964. The molecule has 9 nitrogen and oxygen atoms in total. The Morgan fingerprint density at radius 3 is 1.97 bits per heavy atom. The smallest absolute Gasteiger partial charge is 0.346 e. The lowest BCUT2D eigenvalue weighted by Crippen LogP contribution is -2.40. The molecule has 1 aliphatic heterocycles. The fraction of sp³-hybridized carbons (Fsp3) is 0.286. The van der Waals surface area contributed by atoms with Crippen LogP contribution < -0.4 is 24.3 Å². The number of ether oxygens (including phenoxy) is 4. The molecule has 1 saturated heterocycles. The van der Waals surface area contributed by atoms with E-state index in [4.69, 9.17) is 18.9 Å². The van der Waals surface area contributed by atoms with Crippen LogP contribution in [0.4, 0.5) is 4.79 Å². The molecule has 0 aromatic heterocycles. The van der Waals surface area contributed by atoms with E-state index in [1.165, 1.54) is 27.5 Å². The number of hydrogen-bond acceptors (Lipinski definition) is 7. The van der Waals surface area contributed by atoms with Crippen LogP contribution >= 0.6 is 0 Å². The van der Waals surface area contributed by atoms with E-state index >= 15 is 0 Å². The predicted molar refractivity (Wildman–Crippen MR) is 109 cm³/mol. The third kappa shape index (κ3) is 3.61. The molecular formula is C21H23N3O6. The molecule has 3 rings (SSSR count). The molecule has 0 saturated carbocycles. The number of nitrogens with zero attached hydrogens (tertiary/aromatic N) is 2. The number of hydrogen-bond donors (Lipinski definition) is 1. The monoisotopic (exact) mass is 413 g/mol. The van der Waals surface area contributed by atoms with Crippen molar-refractivity contribution in [2.24, 2.45) is 5.10 Å². The number of methoxy groups -OCH3 is 4. The third-order valence-electron chi connectivity index (χ3n) is 4.89. The van der Waals surface area contributed by atoms with E-state index in [0.717, 1.165) is 5.01 Å². The highest BCUT2D eigenvalue weighted by molar-refractivity contribution is 6.07. The van der Waals surface area contributed by atoms with Gasteiger partial charge < -0.3 is 24.3 Å². The van der Waals surface area contributed by atoms with Crippen LogP contribution in [0, 0.1) is 0 Å². The minimum Gasteiger partial charge on any atom is -0.497 e. The van der Waals surface area contributed by atoms with Gasteiger partial charge >= 0.3 is 6.03 Å². The van der Waals surface area contributed by atoms with Gasteiger partial charge in [0.15, 0.2) is 0 Å². The number of rotatable bonds is 7. The Kier molecular flexibility index (Phi) is 5.81. The largest absolute Gasteiger partial charge is 0.497 e. The molecule has 2 aromatic rings. The predicted octanol–water partition coefficient (Wildman–Crippen LogP) is 2.52. The maximum atomic E-state index is 13.0. The first-order valence-corrected chi connectivity index (χ1v) is 9.03. The van der Waals surface area contributed by atoms with Gasteiger partial charge in [-0.25, -0.2) is 4.79 Å². The van der Waals surface area contributed by atoms with Crippen molar-refractivity contribution in [3.63, 3.8) is 0 Å². The number of urea groups is 1. The van der Waals surface area contributed by atoms with Crippen LogP contribution in [-0.2, 0) is 10.3 Å². The topological polar surface area (TPSA) is 98.7 Å². The highest BCUT2D eigenvalue weighted by atomic mass is 16.5. The van der Waals surface area contributed by atoms with Gasteiger partial charge in [0.25, 0.3) is 5.91 Å². The van der Waals surface area contributed by atoms with Crippen molar-refractivity contribution in [1.29, 1.82) is 0 Å². The Balaban J connectivity index is 1.93. The molecule has 1 N–H and O–H groups in total. The summed E-state index contributed by atoms with van der Waals surface area (Å²) in [6, 6.07) is 9.55. The number of carbonyl (C=O) groups is 2. The zero-order chi connectivity index (χ0) is 21.9. The third-order valence-corrected chi connectivity index (χ3v) is 4.89. The molecule has 2 aromatic carbocycles. The van der Waals surface area contributed by atoms with Crippen LogP contribution in [-0.4, -0.2) is 51.6 Å². The van der Waals surface area contributed by atoms with Crippen LogP contribution in [0.3, 0.4) is 0 Å². The molecule has 0 spiro atoms. The number of hydrazone groups is 1. The highest BCUT2D eigenvalue weighted by Crippen LogP contribution is 2.34. The van der Waals surface area contributed by atoms with Crippen molar-refractivity contribution in [2.75, 3.05) is 28.4 Å². The molecular weight excluding hydrogens is 390 g/mol. The Morgan fingerprint density at radius 1 is 0.900 bits per heavy atom. The minimum absolute atomic E-state index is 0.417. The summed E-state index contributed by atoms with van der Waals surface area (Å²) in [5.41, 5.74) is -0.187. The van der Waals surface area contributed by atoms with E-state index in [-0.39, 0.29) is 0 Å². The first kappa shape index (κ1) is 21.0. The summed E-state index contributed by atoms with van der Waals surface area (Å²) in [5, 5.41) is 7.59. The Hall–Kier alpha value is -3.75. The van der Waals surface area contributed by atoms with Gasteiger partial charge in [-0.15, -0.1) is 5.01 Å². The second-order valence-corrected chi connectivity index (χ2v) is 6.59. The zero-order valence-corrected chi connectivity index (χ0v) is 17.4. The van der Waals surface area contributed by atoms with Crippen LogP contribution in [0.15, 0.2) is 41.5 Å². The summed E-state index contributed by atoms with van der Waals surface area (Å²) >= 11 is 0. The van der Waals surface area contributed by atoms with Gasteiger partial charge in [-0.3, -0.25) is 4.79 Å². The molecule has 9 heteroatoms. The van der Waals surface area contributed by atoms with E-state index in [9.17, 15) is 9.59 Å². The Morgan fingerprint density at radius 2 is 1.47 bits per heavy atom. The number of carbonyl (C=O) groups excluding carboxylic acids is 2. The van der Waals surface area contributed by atoms with E-state index < -0.39 is 17.5 Å². The lowest BCUT2D eigenvalue weighted by molar-refractivity contribution is -0.131. The molecule has 1 atom stereocenters.